The van der Waals surface area contributed by atoms with E-state index in [0.717, 1.165) is 18.5 Å². The molecule has 0 radical (unpaired) electrons. The van der Waals surface area contributed by atoms with Crippen molar-refractivity contribution in [2.75, 3.05) is 17.7 Å². The van der Waals surface area contributed by atoms with Gasteiger partial charge in [0, 0.05) is 12.1 Å². The zero-order valence-corrected chi connectivity index (χ0v) is 13.6. The summed E-state index contributed by atoms with van der Waals surface area (Å²) >= 11 is 0. The zero-order valence-electron chi connectivity index (χ0n) is 13.6. The Morgan fingerprint density at radius 2 is 2.18 bits per heavy atom. The summed E-state index contributed by atoms with van der Waals surface area (Å²) < 4.78 is 5.14. The fourth-order valence-electron chi connectivity index (χ4n) is 3.58. The molecule has 122 valence electrons. The van der Waals surface area contributed by atoms with Crippen LogP contribution in [0.15, 0.2) is 18.2 Å². The average Bonchev–Trinajstić information content (AvgIpc) is 2.36. The Morgan fingerprint density at radius 3 is 2.77 bits per heavy atom. The van der Waals surface area contributed by atoms with E-state index < -0.39 is 5.97 Å². The molecule has 0 bridgehead atoms. The average molecular weight is 306 g/mol. The Morgan fingerprint density at radius 1 is 1.45 bits per heavy atom. The molecule has 0 amide bonds. The van der Waals surface area contributed by atoms with Gasteiger partial charge < -0.3 is 20.9 Å². The van der Waals surface area contributed by atoms with Crippen LogP contribution < -0.4 is 15.8 Å². The fraction of sp³-hybridized carbons (Fsp3) is 0.588. The molecule has 1 aromatic carbocycles. The number of ether oxygens (including phenoxy) is 1. The predicted molar refractivity (Wildman–Crippen MR) is 88.2 cm³/mol. The molecule has 1 saturated carbocycles. The van der Waals surface area contributed by atoms with E-state index in [1.54, 1.807) is 12.1 Å². The first-order valence-corrected chi connectivity index (χ1v) is 7.76. The number of nitrogens with two attached hydrogens (primary N) is 1. The van der Waals surface area contributed by atoms with Crippen molar-refractivity contribution in [3.63, 3.8) is 0 Å². The topological polar surface area (TPSA) is 84.6 Å². The van der Waals surface area contributed by atoms with Crippen LogP contribution in [0.4, 0.5) is 11.4 Å². The molecule has 0 unspecified atom stereocenters. The number of nitrogen functional groups attached to an aromatic ring is 1. The van der Waals surface area contributed by atoms with Gasteiger partial charge in [-0.05, 0) is 42.7 Å². The maximum Gasteiger partial charge on any atom is 0.341 e. The number of hydrogen-bond donors (Lipinski definition) is 3. The third-order valence-electron chi connectivity index (χ3n) is 4.13. The SMILES string of the molecule is C[C@@H]1C[C@H](Nc2ccc(OCC(=O)O)cc2N)CC(C)(C)C1. The number of rotatable bonds is 5. The molecular weight excluding hydrogens is 280 g/mol. The molecule has 5 nitrogen and oxygen atoms in total. The lowest BCUT2D eigenvalue weighted by Gasteiger charge is -2.39. The first kappa shape index (κ1) is 16.5. The van der Waals surface area contributed by atoms with Crippen LogP contribution in [0.25, 0.3) is 0 Å². The number of benzene rings is 1. The van der Waals surface area contributed by atoms with Crippen LogP contribution in [-0.4, -0.2) is 23.7 Å². The first-order chi connectivity index (χ1) is 10.2. The maximum absolute atomic E-state index is 10.5. The van der Waals surface area contributed by atoms with Gasteiger partial charge in [0.2, 0.25) is 0 Å². The Bertz CT molecular complexity index is 543. The number of carboxylic acid groups (broad SMARTS) is 1. The molecule has 1 aliphatic rings. The fourth-order valence-corrected chi connectivity index (χ4v) is 3.58. The number of nitrogens with one attached hydrogen (secondary N) is 1. The lowest BCUT2D eigenvalue weighted by Crippen LogP contribution is -2.35. The van der Waals surface area contributed by atoms with Crippen molar-refractivity contribution in [2.45, 2.75) is 46.1 Å². The van der Waals surface area contributed by atoms with Crippen LogP contribution in [0.2, 0.25) is 0 Å². The third kappa shape index (κ3) is 4.55. The lowest BCUT2D eigenvalue weighted by atomic mass is 9.70. The van der Waals surface area contributed by atoms with Crippen molar-refractivity contribution in [1.29, 1.82) is 0 Å². The monoisotopic (exact) mass is 306 g/mol. The Hall–Kier alpha value is -1.91. The van der Waals surface area contributed by atoms with E-state index >= 15 is 0 Å². The van der Waals surface area contributed by atoms with Crippen LogP contribution in [-0.2, 0) is 4.79 Å². The minimum Gasteiger partial charge on any atom is -0.482 e. The van der Waals surface area contributed by atoms with Gasteiger partial charge in [0.05, 0.1) is 11.4 Å². The molecule has 4 N–H and O–H groups in total. The summed E-state index contributed by atoms with van der Waals surface area (Å²) in [5.41, 5.74) is 7.87. The van der Waals surface area contributed by atoms with Gasteiger partial charge in [-0.15, -0.1) is 0 Å². The van der Waals surface area contributed by atoms with Crippen LogP contribution in [0.1, 0.15) is 40.0 Å². The summed E-state index contributed by atoms with van der Waals surface area (Å²) in [6.45, 7) is 6.55. The number of carboxylic acids is 1. The van der Waals surface area contributed by atoms with E-state index in [2.05, 4.69) is 26.1 Å². The van der Waals surface area contributed by atoms with Gasteiger partial charge in [-0.25, -0.2) is 4.79 Å². The molecule has 1 fully saturated rings. The number of anilines is 2. The summed E-state index contributed by atoms with van der Waals surface area (Å²) in [6.07, 6.45) is 3.51. The Kier molecular flexibility index (Phi) is 4.84. The Balaban J connectivity index is 2.02. The molecule has 0 heterocycles. The molecule has 0 saturated heterocycles. The quantitative estimate of drug-likeness (QED) is 0.726. The van der Waals surface area contributed by atoms with Crippen molar-refractivity contribution in [3.05, 3.63) is 18.2 Å². The maximum atomic E-state index is 10.5. The molecule has 1 aliphatic carbocycles. The lowest BCUT2D eigenvalue weighted by molar-refractivity contribution is -0.139. The number of aliphatic carboxylic acids is 1. The van der Waals surface area contributed by atoms with E-state index in [4.69, 9.17) is 15.6 Å². The van der Waals surface area contributed by atoms with E-state index in [1.165, 1.54) is 6.42 Å². The van der Waals surface area contributed by atoms with E-state index in [0.29, 0.717) is 28.8 Å². The van der Waals surface area contributed by atoms with Gasteiger partial charge in [-0.1, -0.05) is 20.8 Å². The molecule has 0 aromatic heterocycles. The van der Waals surface area contributed by atoms with Crippen molar-refractivity contribution in [3.8, 4) is 5.75 Å². The van der Waals surface area contributed by atoms with Crippen LogP contribution in [0.3, 0.4) is 0 Å². The molecule has 5 heteroatoms. The molecule has 22 heavy (non-hydrogen) atoms. The van der Waals surface area contributed by atoms with Gasteiger partial charge in [-0.2, -0.15) is 0 Å². The highest BCUT2D eigenvalue weighted by Gasteiger charge is 2.32. The van der Waals surface area contributed by atoms with Crippen molar-refractivity contribution < 1.29 is 14.6 Å². The predicted octanol–water partition coefficient (Wildman–Crippen LogP) is 3.36. The summed E-state index contributed by atoms with van der Waals surface area (Å²) in [6, 6.07) is 5.69. The van der Waals surface area contributed by atoms with E-state index in [-0.39, 0.29) is 6.61 Å². The minimum atomic E-state index is -1.00. The van der Waals surface area contributed by atoms with Crippen molar-refractivity contribution in [1.82, 2.24) is 0 Å². The minimum absolute atomic E-state index is 0.342. The van der Waals surface area contributed by atoms with Crippen molar-refractivity contribution in [2.24, 2.45) is 11.3 Å². The second-order valence-electron chi connectivity index (χ2n) is 7.19. The standard InChI is InChI=1S/C17H26N2O3/c1-11-6-12(9-17(2,3)8-11)19-15-5-4-13(7-14(15)18)22-10-16(20)21/h4-5,7,11-12,19H,6,8-10,18H2,1-3H3,(H,20,21)/t11-,12+/m1/s1. The summed E-state index contributed by atoms with van der Waals surface area (Å²) in [5, 5.41) is 12.2. The number of hydrogen-bond acceptors (Lipinski definition) is 4. The summed E-state index contributed by atoms with van der Waals surface area (Å²) in [7, 11) is 0. The van der Waals surface area contributed by atoms with Gasteiger partial charge >= 0.3 is 5.97 Å². The smallest absolute Gasteiger partial charge is 0.341 e. The van der Waals surface area contributed by atoms with Crippen LogP contribution >= 0.6 is 0 Å². The zero-order chi connectivity index (χ0) is 16.3. The van der Waals surface area contributed by atoms with Gasteiger partial charge in [0.1, 0.15) is 5.75 Å². The van der Waals surface area contributed by atoms with Crippen LogP contribution in [0.5, 0.6) is 5.75 Å². The second-order valence-corrected chi connectivity index (χ2v) is 7.19. The molecule has 1 aromatic rings. The van der Waals surface area contributed by atoms with E-state index in [1.807, 2.05) is 6.07 Å². The van der Waals surface area contributed by atoms with Crippen molar-refractivity contribution >= 4 is 17.3 Å². The highest BCUT2D eigenvalue weighted by Crippen LogP contribution is 2.40. The summed E-state index contributed by atoms with van der Waals surface area (Å²) in [4.78, 5) is 10.5. The third-order valence-corrected chi connectivity index (χ3v) is 4.13. The molecule has 2 rings (SSSR count). The first-order valence-electron chi connectivity index (χ1n) is 7.76. The van der Waals surface area contributed by atoms with E-state index in [9.17, 15) is 4.79 Å². The molecular formula is C17H26N2O3. The molecule has 2 atom stereocenters. The summed E-state index contributed by atoms with van der Waals surface area (Å²) in [5.74, 6) is 0.169. The second kappa shape index (κ2) is 6.46. The molecule has 0 spiro atoms. The highest BCUT2D eigenvalue weighted by molar-refractivity contribution is 5.70. The van der Waals surface area contributed by atoms with Gasteiger partial charge in [0.15, 0.2) is 6.61 Å². The number of carbonyl (C=O) groups is 1. The Labute approximate surface area is 131 Å². The largest absolute Gasteiger partial charge is 0.482 e. The highest BCUT2D eigenvalue weighted by atomic mass is 16.5. The normalized spacial score (nSPS) is 23.8. The van der Waals surface area contributed by atoms with Gasteiger partial charge in [-0.3, -0.25) is 0 Å². The van der Waals surface area contributed by atoms with Gasteiger partial charge in [0.25, 0.3) is 0 Å². The molecule has 0 aliphatic heterocycles. The van der Waals surface area contributed by atoms with Crippen LogP contribution in [0, 0.1) is 11.3 Å².